The van der Waals surface area contributed by atoms with Crippen LogP contribution >= 0.6 is 0 Å². The number of hydrogen-bond donors (Lipinski definition) is 2. The molecule has 6 heteroatoms. The lowest BCUT2D eigenvalue weighted by atomic mass is 9.98. The van der Waals surface area contributed by atoms with E-state index in [2.05, 4.69) is 9.88 Å². The summed E-state index contributed by atoms with van der Waals surface area (Å²) in [6.45, 7) is 1.98. The number of hydrogen-bond acceptors (Lipinski definition) is 5. The maximum atomic E-state index is 10.7. The highest BCUT2D eigenvalue weighted by Gasteiger charge is 2.20. The lowest BCUT2D eigenvalue weighted by Crippen LogP contribution is -2.35. The zero-order chi connectivity index (χ0) is 17.6. The summed E-state index contributed by atoms with van der Waals surface area (Å²) in [5, 5.41) is 18.0. The molecular weight excluding hydrogens is 318 g/mol. The van der Waals surface area contributed by atoms with Gasteiger partial charge in [-0.05, 0) is 36.5 Å². The summed E-state index contributed by atoms with van der Waals surface area (Å²) in [6, 6.07) is 7.55. The molecule has 0 amide bonds. The van der Waals surface area contributed by atoms with Gasteiger partial charge in [0.15, 0.2) is 0 Å². The first-order valence-electron chi connectivity index (χ1n) is 8.35. The van der Waals surface area contributed by atoms with Crippen molar-refractivity contribution in [2.75, 3.05) is 24.6 Å². The number of anilines is 1. The Hall–Kier alpha value is -2.73. The lowest BCUT2D eigenvalue weighted by molar-refractivity contribution is -0.131. The molecule has 130 valence electrons. The normalized spacial score (nSPS) is 15.6. The molecule has 2 N–H and O–H groups in total. The molecule has 3 rings (SSSR count). The van der Waals surface area contributed by atoms with Crippen molar-refractivity contribution in [3.8, 4) is 11.3 Å². The molecule has 1 aromatic carbocycles. The third-order valence-corrected chi connectivity index (χ3v) is 4.42. The van der Waals surface area contributed by atoms with Gasteiger partial charge in [0.05, 0.1) is 18.1 Å². The van der Waals surface area contributed by atoms with Gasteiger partial charge in [-0.2, -0.15) is 0 Å². The number of rotatable bonds is 5. The number of aliphatic hydroxyl groups is 1. The number of carboxylic acid groups (broad SMARTS) is 1. The molecule has 0 unspecified atom stereocenters. The van der Waals surface area contributed by atoms with E-state index in [0.29, 0.717) is 5.92 Å². The minimum absolute atomic E-state index is 0.246. The molecule has 2 heterocycles. The monoisotopic (exact) mass is 339 g/mol. The minimum Gasteiger partial charge on any atom is -0.478 e. The minimum atomic E-state index is -0.974. The fraction of sp³-hybridized carbons (Fsp3) is 0.316. The van der Waals surface area contributed by atoms with Crippen LogP contribution in [0.5, 0.6) is 0 Å². The van der Waals surface area contributed by atoms with Crippen LogP contribution in [-0.4, -0.2) is 45.8 Å². The molecule has 0 atom stereocenters. The summed E-state index contributed by atoms with van der Waals surface area (Å²) in [6.07, 6.45) is 8.06. The van der Waals surface area contributed by atoms with E-state index in [1.165, 1.54) is 0 Å². The van der Waals surface area contributed by atoms with Gasteiger partial charge in [0, 0.05) is 31.3 Å². The van der Waals surface area contributed by atoms with E-state index < -0.39 is 5.97 Å². The molecule has 25 heavy (non-hydrogen) atoms. The SMILES string of the molecule is O=C(O)C=Cc1cccc(-c2cncc(N3CCC(CO)CC3)n2)c1. The van der Waals surface area contributed by atoms with Crippen molar-refractivity contribution in [1.82, 2.24) is 9.97 Å². The predicted octanol–water partition coefficient (Wildman–Crippen LogP) is 2.45. The molecule has 0 saturated carbocycles. The van der Waals surface area contributed by atoms with Crippen LogP contribution in [0.25, 0.3) is 17.3 Å². The van der Waals surface area contributed by atoms with Gasteiger partial charge >= 0.3 is 5.97 Å². The quantitative estimate of drug-likeness (QED) is 0.814. The molecule has 1 saturated heterocycles. The third-order valence-electron chi connectivity index (χ3n) is 4.42. The van der Waals surface area contributed by atoms with Crippen molar-refractivity contribution in [2.45, 2.75) is 12.8 Å². The molecular formula is C19H21N3O3. The first-order valence-corrected chi connectivity index (χ1v) is 8.35. The van der Waals surface area contributed by atoms with Gasteiger partial charge in [0.1, 0.15) is 5.82 Å². The number of carboxylic acids is 1. The molecule has 0 aliphatic carbocycles. The highest BCUT2D eigenvalue weighted by molar-refractivity contribution is 5.85. The van der Waals surface area contributed by atoms with Crippen LogP contribution in [0.4, 0.5) is 5.82 Å². The Morgan fingerprint density at radius 1 is 1.28 bits per heavy atom. The number of aliphatic hydroxyl groups excluding tert-OH is 1. The number of aliphatic carboxylic acids is 1. The standard InChI is InChI=1S/C19H21N3O3/c23-13-15-6-8-22(9-7-15)18-12-20-11-17(21-18)16-3-1-2-14(10-16)4-5-19(24)25/h1-5,10-12,15,23H,6-9,13H2,(H,24,25). The van der Waals surface area contributed by atoms with Crippen molar-refractivity contribution in [3.05, 3.63) is 48.3 Å². The summed E-state index contributed by atoms with van der Waals surface area (Å²) in [7, 11) is 0. The Morgan fingerprint density at radius 2 is 2.08 bits per heavy atom. The van der Waals surface area contributed by atoms with Crippen molar-refractivity contribution < 1.29 is 15.0 Å². The number of carbonyl (C=O) groups is 1. The number of nitrogens with zero attached hydrogens (tertiary/aromatic N) is 3. The molecule has 1 aliphatic rings. The molecule has 0 radical (unpaired) electrons. The van der Waals surface area contributed by atoms with E-state index >= 15 is 0 Å². The topological polar surface area (TPSA) is 86.5 Å². The van der Waals surface area contributed by atoms with E-state index in [4.69, 9.17) is 10.1 Å². The first kappa shape index (κ1) is 17.1. The Kier molecular flexibility index (Phi) is 5.40. The van der Waals surface area contributed by atoms with Crippen LogP contribution in [0.15, 0.2) is 42.7 Å². The fourth-order valence-corrected chi connectivity index (χ4v) is 2.96. The van der Waals surface area contributed by atoms with Crippen molar-refractivity contribution >= 4 is 17.9 Å². The van der Waals surface area contributed by atoms with Crippen LogP contribution in [-0.2, 0) is 4.79 Å². The maximum Gasteiger partial charge on any atom is 0.328 e. The van der Waals surface area contributed by atoms with Gasteiger partial charge in [0.25, 0.3) is 0 Å². The number of aromatic nitrogens is 2. The van der Waals surface area contributed by atoms with Crippen LogP contribution < -0.4 is 4.90 Å². The molecule has 0 spiro atoms. The number of piperidine rings is 1. The largest absolute Gasteiger partial charge is 0.478 e. The fourth-order valence-electron chi connectivity index (χ4n) is 2.96. The predicted molar refractivity (Wildman–Crippen MR) is 96.2 cm³/mol. The molecule has 1 aromatic heterocycles. The smallest absolute Gasteiger partial charge is 0.328 e. The van der Waals surface area contributed by atoms with Crippen LogP contribution in [0.2, 0.25) is 0 Å². The summed E-state index contributed by atoms with van der Waals surface area (Å²) in [4.78, 5) is 21.9. The summed E-state index contributed by atoms with van der Waals surface area (Å²) >= 11 is 0. The molecule has 2 aromatic rings. The Morgan fingerprint density at radius 3 is 2.80 bits per heavy atom. The van der Waals surface area contributed by atoms with Crippen molar-refractivity contribution in [3.63, 3.8) is 0 Å². The molecule has 6 nitrogen and oxygen atoms in total. The van der Waals surface area contributed by atoms with E-state index in [9.17, 15) is 9.90 Å². The average molecular weight is 339 g/mol. The first-order chi connectivity index (χ1) is 12.2. The van der Waals surface area contributed by atoms with Crippen LogP contribution in [0, 0.1) is 5.92 Å². The van der Waals surface area contributed by atoms with Gasteiger partial charge in [-0.1, -0.05) is 18.2 Å². The third kappa shape index (κ3) is 4.42. The summed E-state index contributed by atoms with van der Waals surface area (Å²) < 4.78 is 0. The van der Waals surface area contributed by atoms with Gasteiger partial charge < -0.3 is 15.1 Å². The van der Waals surface area contributed by atoms with E-state index in [-0.39, 0.29) is 6.61 Å². The molecule has 0 bridgehead atoms. The second kappa shape index (κ2) is 7.90. The van der Waals surface area contributed by atoms with Gasteiger partial charge in [-0.3, -0.25) is 4.98 Å². The summed E-state index contributed by atoms with van der Waals surface area (Å²) in [5.74, 6) is 0.240. The van der Waals surface area contributed by atoms with Crippen molar-refractivity contribution in [1.29, 1.82) is 0 Å². The zero-order valence-electron chi connectivity index (χ0n) is 13.9. The lowest BCUT2D eigenvalue weighted by Gasteiger charge is -2.31. The van der Waals surface area contributed by atoms with Crippen LogP contribution in [0.1, 0.15) is 18.4 Å². The Bertz CT molecular complexity index is 768. The second-order valence-electron chi connectivity index (χ2n) is 6.17. The van der Waals surface area contributed by atoms with E-state index in [1.54, 1.807) is 18.5 Å². The zero-order valence-corrected chi connectivity index (χ0v) is 13.9. The molecule has 1 aliphatic heterocycles. The average Bonchev–Trinajstić information content (AvgIpc) is 2.67. The second-order valence-corrected chi connectivity index (χ2v) is 6.17. The Balaban J connectivity index is 1.80. The van der Waals surface area contributed by atoms with Gasteiger partial charge in [-0.15, -0.1) is 0 Å². The summed E-state index contributed by atoms with van der Waals surface area (Å²) in [5.41, 5.74) is 2.45. The number of benzene rings is 1. The van der Waals surface area contributed by atoms with Gasteiger partial charge in [0.2, 0.25) is 0 Å². The van der Waals surface area contributed by atoms with Crippen LogP contribution in [0.3, 0.4) is 0 Å². The maximum absolute atomic E-state index is 10.7. The highest BCUT2D eigenvalue weighted by Crippen LogP contribution is 2.24. The highest BCUT2D eigenvalue weighted by atomic mass is 16.4. The van der Waals surface area contributed by atoms with E-state index in [0.717, 1.165) is 54.6 Å². The van der Waals surface area contributed by atoms with E-state index in [1.807, 2.05) is 24.3 Å². The Labute approximate surface area is 146 Å². The van der Waals surface area contributed by atoms with Crippen molar-refractivity contribution in [2.24, 2.45) is 5.92 Å². The molecule has 1 fully saturated rings. The van der Waals surface area contributed by atoms with Gasteiger partial charge in [-0.25, -0.2) is 9.78 Å².